The van der Waals surface area contributed by atoms with Crippen LogP contribution >= 0.6 is 15.9 Å². The van der Waals surface area contributed by atoms with Gasteiger partial charge in [0.15, 0.2) is 5.75 Å². The predicted octanol–water partition coefficient (Wildman–Crippen LogP) is 4.42. The Kier molecular flexibility index (Phi) is 5.69. The Bertz CT molecular complexity index is 610. The van der Waals surface area contributed by atoms with Gasteiger partial charge in [-0.25, -0.2) is 9.59 Å². The van der Waals surface area contributed by atoms with Crippen LogP contribution in [-0.4, -0.2) is 28.4 Å². The molecule has 0 unspecified atom stereocenters. The van der Waals surface area contributed by atoms with Crippen molar-refractivity contribution >= 4 is 28.1 Å². The second-order valence-electron chi connectivity index (χ2n) is 6.84. The molecule has 0 radical (unpaired) electrons. The summed E-state index contributed by atoms with van der Waals surface area (Å²) in [6, 6.07) is 2.74. The zero-order valence-corrected chi connectivity index (χ0v) is 15.6. The number of hydrogen-bond acceptors (Lipinski definition) is 6. The van der Waals surface area contributed by atoms with Crippen LogP contribution in [-0.2, 0) is 9.47 Å². The normalized spacial score (nSPS) is 11.8. The third-order valence-electron chi connectivity index (χ3n) is 2.27. The zero-order valence-electron chi connectivity index (χ0n) is 14.0. The number of carbonyl (C=O) groups is 2. The van der Waals surface area contributed by atoms with Crippen molar-refractivity contribution in [2.24, 2.45) is 0 Å². The van der Waals surface area contributed by atoms with Gasteiger partial charge < -0.3 is 19.3 Å². The molecule has 0 saturated heterocycles. The summed E-state index contributed by atoms with van der Waals surface area (Å²) in [6.07, 6.45) is -0.992. The highest BCUT2D eigenvalue weighted by atomic mass is 79.9. The van der Waals surface area contributed by atoms with E-state index in [1.807, 2.05) is 0 Å². The molecule has 0 fully saturated rings. The number of benzene rings is 1. The third-order valence-corrected chi connectivity index (χ3v) is 2.89. The minimum atomic E-state index is -0.992. The summed E-state index contributed by atoms with van der Waals surface area (Å²) in [6.45, 7) is 10.1. The van der Waals surface area contributed by atoms with Crippen molar-refractivity contribution in [3.63, 3.8) is 0 Å². The molecule has 0 aliphatic heterocycles. The fourth-order valence-corrected chi connectivity index (χ4v) is 1.94. The van der Waals surface area contributed by atoms with Gasteiger partial charge in [-0.15, -0.1) is 0 Å². The number of hydrogen-bond donors (Lipinski definition) is 1. The molecule has 0 bridgehead atoms. The first-order valence-corrected chi connectivity index (χ1v) is 7.75. The van der Waals surface area contributed by atoms with Crippen molar-refractivity contribution in [1.29, 1.82) is 0 Å². The number of ether oxygens (including phenoxy) is 3. The lowest BCUT2D eigenvalue weighted by Gasteiger charge is -2.22. The molecule has 1 N–H and O–H groups in total. The predicted molar refractivity (Wildman–Crippen MR) is 87.8 cm³/mol. The highest BCUT2D eigenvalue weighted by Crippen LogP contribution is 2.37. The van der Waals surface area contributed by atoms with E-state index < -0.39 is 23.3 Å². The van der Waals surface area contributed by atoms with Gasteiger partial charge >= 0.3 is 12.1 Å². The van der Waals surface area contributed by atoms with Crippen molar-refractivity contribution in [2.45, 2.75) is 52.7 Å². The van der Waals surface area contributed by atoms with E-state index in [2.05, 4.69) is 15.9 Å². The molecule has 0 amide bonds. The van der Waals surface area contributed by atoms with Crippen LogP contribution in [0.3, 0.4) is 0 Å². The van der Waals surface area contributed by atoms with Crippen LogP contribution in [0, 0.1) is 0 Å². The van der Waals surface area contributed by atoms with Gasteiger partial charge in [0.25, 0.3) is 0 Å². The maximum Gasteiger partial charge on any atom is 0.514 e. The third kappa shape index (κ3) is 6.09. The monoisotopic (exact) mass is 388 g/mol. The minimum Gasteiger partial charge on any atom is -0.507 e. The topological polar surface area (TPSA) is 82.1 Å². The molecule has 1 aromatic rings. The molecule has 0 spiro atoms. The molecule has 0 aliphatic rings. The average Bonchev–Trinajstić information content (AvgIpc) is 2.29. The maximum atomic E-state index is 12.3. The van der Waals surface area contributed by atoms with E-state index in [4.69, 9.17) is 14.2 Å². The van der Waals surface area contributed by atoms with Crippen LogP contribution in [0.4, 0.5) is 4.79 Å². The van der Waals surface area contributed by atoms with Crippen LogP contribution in [0.25, 0.3) is 0 Å². The van der Waals surface area contributed by atoms with Crippen molar-refractivity contribution in [1.82, 2.24) is 0 Å². The number of phenolic OH excluding ortho intramolecular Hbond substituents is 1. The van der Waals surface area contributed by atoms with Crippen LogP contribution in [0.1, 0.15) is 51.9 Å². The van der Waals surface area contributed by atoms with Crippen molar-refractivity contribution < 1.29 is 28.9 Å². The molecule has 7 heteroatoms. The zero-order chi connectivity index (χ0) is 18.0. The Labute approximate surface area is 143 Å². The number of esters is 1. The second-order valence-corrected chi connectivity index (χ2v) is 7.69. The lowest BCUT2D eigenvalue weighted by atomic mass is 10.1. The van der Waals surface area contributed by atoms with Crippen LogP contribution in [0.2, 0.25) is 0 Å². The lowest BCUT2D eigenvalue weighted by molar-refractivity contribution is 0.00578. The summed E-state index contributed by atoms with van der Waals surface area (Å²) in [7, 11) is 0. The first-order valence-electron chi connectivity index (χ1n) is 6.96. The maximum absolute atomic E-state index is 12.3. The quantitative estimate of drug-likeness (QED) is 0.596. The van der Waals surface area contributed by atoms with Crippen molar-refractivity contribution in [2.75, 3.05) is 0 Å². The Morgan fingerprint density at radius 2 is 1.52 bits per heavy atom. The van der Waals surface area contributed by atoms with Crippen LogP contribution in [0.15, 0.2) is 16.6 Å². The summed E-state index contributed by atoms with van der Waals surface area (Å²) >= 11 is 3.19. The van der Waals surface area contributed by atoms with E-state index in [0.717, 1.165) is 0 Å². The largest absolute Gasteiger partial charge is 0.514 e. The molecule has 23 heavy (non-hydrogen) atoms. The van der Waals surface area contributed by atoms with Gasteiger partial charge in [-0.3, -0.25) is 0 Å². The summed E-state index contributed by atoms with van der Waals surface area (Å²) in [5.41, 5.74) is -1.78. The Morgan fingerprint density at radius 1 is 1.00 bits per heavy atom. The van der Waals surface area contributed by atoms with Crippen LogP contribution < -0.4 is 4.74 Å². The number of rotatable bonds is 2. The number of aromatic hydroxyl groups is 1. The minimum absolute atomic E-state index is 0.159. The van der Waals surface area contributed by atoms with Gasteiger partial charge in [-0.1, -0.05) is 0 Å². The SMILES string of the molecule is CC(C)(C)OC(=O)Oc1c(Br)ccc(O)c1C(=O)OC(C)(C)C. The Balaban J connectivity index is 3.19. The van der Waals surface area contributed by atoms with Crippen molar-refractivity contribution in [3.05, 3.63) is 22.2 Å². The Morgan fingerprint density at radius 3 is 2.00 bits per heavy atom. The van der Waals surface area contributed by atoms with Gasteiger partial charge in [-0.2, -0.15) is 0 Å². The first kappa shape index (κ1) is 19.3. The molecular weight excluding hydrogens is 368 g/mol. The summed E-state index contributed by atoms with van der Waals surface area (Å²) in [5.74, 6) is -1.33. The lowest BCUT2D eigenvalue weighted by Crippen LogP contribution is -2.27. The first-order chi connectivity index (χ1) is 10.3. The second kappa shape index (κ2) is 6.78. The summed E-state index contributed by atoms with van der Waals surface area (Å²) < 4.78 is 15.7. The van der Waals surface area contributed by atoms with Gasteiger partial charge in [0.05, 0.1) is 4.47 Å². The molecule has 0 saturated carbocycles. The van der Waals surface area contributed by atoms with E-state index in [9.17, 15) is 14.7 Å². The van der Waals surface area contributed by atoms with E-state index in [1.165, 1.54) is 12.1 Å². The average molecular weight is 389 g/mol. The molecule has 1 rings (SSSR count). The molecule has 128 valence electrons. The van der Waals surface area contributed by atoms with Gasteiger partial charge in [0.2, 0.25) is 0 Å². The summed E-state index contributed by atoms with van der Waals surface area (Å²) in [4.78, 5) is 24.1. The fraction of sp³-hybridized carbons (Fsp3) is 0.500. The van der Waals surface area contributed by atoms with E-state index >= 15 is 0 Å². The number of halogens is 1. The van der Waals surface area contributed by atoms with E-state index in [0.29, 0.717) is 4.47 Å². The molecular formula is C16H21BrO6. The highest BCUT2D eigenvalue weighted by Gasteiger charge is 2.28. The van der Waals surface area contributed by atoms with Crippen molar-refractivity contribution in [3.8, 4) is 11.5 Å². The highest BCUT2D eigenvalue weighted by molar-refractivity contribution is 9.10. The molecule has 1 aromatic carbocycles. The fourth-order valence-electron chi connectivity index (χ4n) is 1.53. The van der Waals surface area contributed by atoms with Gasteiger partial charge in [0.1, 0.15) is 22.5 Å². The molecule has 0 atom stereocenters. The van der Waals surface area contributed by atoms with E-state index in [1.54, 1.807) is 41.5 Å². The molecule has 6 nitrogen and oxygen atoms in total. The summed E-state index contributed by atoms with van der Waals surface area (Å²) in [5, 5.41) is 9.97. The molecule has 0 aliphatic carbocycles. The van der Waals surface area contributed by atoms with Gasteiger partial charge in [-0.05, 0) is 69.6 Å². The number of phenols is 1. The Hall–Kier alpha value is -1.76. The van der Waals surface area contributed by atoms with Gasteiger partial charge in [0, 0.05) is 0 Å². The molecule has 0 aromatic heterocycles. The number of carbonyl (C=O) groups excluding carboxylic acids is 2. The van der Waals surface area contributed by atoms with E-state index in [-0.39, 0.29) is 17.1 Å². The smallest absolute Gasteiger partial charge is 0.507 e. The molecule has 0 heterocycles. The standard InChI is InChI=1S/C16H21BrO6/c1-15(2,3)22-13(19)11-10(18)8-7-9(17)12(11)21-14(20)23-16(4,5)6/h7-8,18H,1-6H3. The van der Waals surface area contributed by atoms with Crippen LogP contribution in [0.5, 0.6) is 11.5 Å².